The maximum Gasteiger partial charge on any atom is 0.323 e. The van der Waals surface area contributed by atoms with E-state index in [1.165, 1.54) is 16.8 Å². The van der Waals surface area contributed by atoms with Crippen molar-refractivity contribution >= 4 is 23.6 Å². The number of hydrogen-bond acceptors (Lipinski definition) is 6. The molecule has 0 aromatic heterocycles. The summed E-state index contributed by atoms with van der Waals surface area (Å²) in [6.45, 7) is 6.51. The molecule has 0 bridgehead atoms. The summed E-state index contributed by atoms with van der Waals surface area (Å²) in [4.78, 5) is 24.1. The van der Waals surface area contributed by atoms with Crippen molar-refractivity contribution in [3.63, 3.8) is 0 Å². The number of carboxylic acid groups (broad SMARTS) is 1. The van der Waals surface area contributed by atoms with Gasteiger partial charge in [0, 0.05) is 18.6 Å². The molecule has 38 heavy (non-hydrogen) atoms. The molecular formula is C28H44F2N2O5S. The van der Waals surface area contributed by atoms with Crippen LogP contribution in [0.25, 0.3) is 0 Å². The summed E-state index contributed by atoms with van der Waals surface area (Å²) in [5, 5.41) is 32.3. The molecule has 0 aromatic carbocycles. The van der Waals surface area contributed by atoms with E-state index in [0.717, 1.165) is 25.7 Å². The van der Waals surface area contributed by atoms with Gasteiger partial charge in [0.1, 0.15) is 12.1 Å². The molecule has 5 aliphatic rings. The Bertz CT molecular complexity index is 941. The van der Waals surface area contributed by atoms with Crippen LogP contribution in [0.3, 0.4) is 0 Å². The van der Waals surface area contributed by atoms with Crippen molar-refractivity contribution < 1.29 is 33.7 Å². The van der Waals surface area contributed by atoms with Gasteiger partial charge in [0.05, 0.1) is 12.0 Å². The predicted octanol–water partition coefficient (Wildman–Crippen LogP) is 4.13. The number of nitrogens with one attached hydrogen (secondary N) is 1. The second kappa shape index (κ2) is 10.1. The van der Waals surface area contributed by atoms with E-state index in [2.05, 4.69) is 19.3 Å². The van der Waals surface area contributed by atoms with Crippen LogP contribution in [0.15, 0.2) is 0 Å². The number of nitrogens with zero attached hydrogens (tertiary/aromatic N) is 1. The average Bonchev–Trinajstić information content (AvgIpc) is 3.43. The van der Waals surface area contributed by atoms with Crippen LogP contribution in [-0.2, 0) is 9.59 Å². The number of rotatable bonds is 6. The number of aliphatic hydroxyl groups is 2. The quantitative estimate of drug-likeness (QED) is 0.388. The summed E-state index contributed by atoms with van der Waals surface area (Å²) >= 11 is 1.49. The van der Waals surface area contributed by atoms with Gasteiger partial charge in [0.15, 0.2) is 0 Å². The van der Waals surface area contributed by atoms with Crippen LogP contribution in [0.2, 0.25) is 0 Å². The van der Waals surface area contributed by atoms with Crippen molar-refractivity contribution in [3.8, 4) is 0 Å². The van der Waals surface area contributed by atoms with Crippen molar-refractivity contribution in [1.82, 2.24) is 10.4 Å². The molecule has 1 amide bonds. The minimum atomic E-state index is -3.08. The third-order valence-corrected chi connectivity index (χ3v) is 12.7. The van der Waals surface area contributed by atoms with Crippen molar-refractivity contribution in [2.45, 2.75) is 103 Å². The van der Waals surface area contributed by atoms with Crippen LogP contribution in [0.5, 0.6) is 0 Å². The van der Waals surface area contributed by atoms with E-state index in [-0.39, 0.29) is 53.8 Å². The molecule has 5 fully saturated rings. The molecular weight excluding hydrogens is 514 g/mol. The van der Waals surface area contributed by atoms with Crippen LogP contribution >= 0.6 is 11.8 Å². The normalized spacial score (nSPS) is 47.0. The van der Waals surface area contributed by atoms with Gasteiger partial charge in [-0.1, -0.05) is 20.8 Å². The Morgan fingerprint density at radius 1 is 1.11 bits per heavy atom. The first kappa shape index (κ1) is 28.6. The fraction of sp³-hybridized carbons (Fsp3) is 0.929. The van der Waals surface area contributed by atoms with Crippen LogP contribution in [0.1, 0.15) is 78.6 Å². The number of aliphatic carboxylic acids is 1. The molecule has 10 heteroatoms. The topological polar surface area (TPSA) is 110 Å². The summed E-state index contributed by atoms with van der Waals surface area (Å²) in [6, 6.07) is -0.693. The molecule has 1 saturated heterocycles. The van der Waals surface area contributed by atoms with Crippen molar-refractivity contribution in [3.05, 3.63) is 0 Å². The third kappa shape index (κ3) is 4.69. The summed E-state index contributed by atoms with van der Waals surface area (Å²) in [6.07, 6.45) is 2.90. The Labute approximate surface area is 228 Å². The van der Waals surface area contributed by atoms with Gasteiger partial charge in [0.25, 0.3) is 5.92 Å². The Kier molecular flexibility index (Phi) is 7.62. The molecule has 11 atom stereocenters. The number of aliphatic hydroxyl groups excluding tert-OH is 2. The number of carboxylic acids is 1. The van der Waals surface area contributed by atoms with Gasteiger partial charge >= 0.3 is 5.97 Å². The maximum atomic E-state index is 14.7. The van der Waals surface area contributed by atoms with E-state index in [4.69, 9.17) is 0 Å². The molecule has 1 aliphatic heterocycles. The summed E-state index contributed by atoms with van der Waals surface area (Å²) in [7, 11) is 0. The van der Waals surface area contributed by atoms with Crippen LogP contribution < -0.4 is 5.43 Å². The Hall–Kier alpha value is -0.970. The van der Waals surface area contributed by atoms with Gasteiger partial charge in [0.2, 0.25) is 5.91 Å². The van der Waals surface area contributed by atoms with E-state index < -0.39 is 35.6 Å². The number of fused-ring (bicyclic) bond motifs is 5. The number of alkyl halides is 2. The molecule has 0 spiro atoms. The third-order valence-electron chi connectivity index (χ3n) is 11.7. The van der Waals surface area contributed by atoms with E-state index in [0.29, 0.717) is 36.8 Å². The number of halogens is 2. The number of amides is 1. The van der Waals surface area contributed by atoms with Crippen LogP contribution in [0, 0.1) is 46.3 Å². The molecule has 4 aliphatic carbocycles. The fourth-order valence-electron chi connectivity index (χ4n) is 9.74. The lowest BCUT2D eigenvalue weighted by Crippen LogP contribution is -2.62. The highest BCUT2D eigenvalue weighted by Crippen LogP contribution is 2.69. The highest BCUT2D eigenvalue weighted by Gasteiger charge is 2.66. The molecule has 4 N–H and O–H groups in total. The first-order valence-electron chi connectivity index (χ1n) is 14.4. The van der Waals surface area contributed by atoms with E-state index >= 15 is 0 Å². The zero-order valence-corrected chi connectivity index (χ0v) is 23.6. The second-order valence-corrected chi connectivity index (χ2v) is 14.6. The molecule has 0 radical (unpaired) electrons. The highest BCUT2D eigenvalue weighted by atomic mass is 32.2. The lowest BCUT2D eigenvalue weighted by Gasteiger charge is -2.63. The van der Waals surface area contributed by atoms with E-state index in [1.54, 1.807) is 0 Å². The molecule has 4 saturated carbocycles. The highest BCUT2D eigenvalue weighted by molar-refractivity contribution is 7.99. The van der Waals surface area contributed by atoms with Crippen LogP contribution in [-0.4, -0.2) is 68.0 Å². The molecule has 1 unspecified atom stereocenters. The van der Waals surface area contributed by atoms with Crippen molar-refractivity contribution in [2.24, 2.45) is 46.3 Å². The number of hydrogen-bond donors (Lipinski definition) is 4. The smallest absolute Gasteiger partial charge is 0.323 e. The summed E-state index contributed by atoms with van der Waals surface area (Å²) in [5.74, 6) is -2.33. The lowest BCUT2D eigenvalue weighted by atomic mass is 9.43. The standard InChI is InChI=1S/C28H44F2N2O5S/c1-15(4-7-23(35)31-32-14-38-12-20(32)25(36)37)17-5-6-18-24-19(8-9-26(17,18)2)27(3)13-28(29,30)22(34)11-16(27)10-21(24)33/h15-22,24,33-34H,4-14H2,1-3H3,(H,31,35)(H,36,37)/t15-,16-,17-,18+,19+,20?,21+,22-,24+,26-,27+/m1/s1. The SMILES string of the molecule is C[C@H](CCC(=O)NN1CSCC1C(=O)O)[C@H]1CC[C@H]2[C@@H]3[C@@H](O)C[C@@H]4C[C@@H](O)C(F)(F)C[C@]4(C)[C@H]3CC[C@]12C. The number of carbonyl (C=O) groups is 2. The van der Waals surface area contributed by atoms with Gasteiger partial charge in [-0.15, -0.1) is 11.8 Å². The Morgan fingerprint density at radius 3 is 2.53 bits per heavy atom. The molecule has 216 valence electrons. The molecule has 5 rings (SSSR count). The second-order valence-electron chi connectivity index (χ2n) is 13.6. The fourth-order valence-corrected chi connectivity index (χ4v) is 10.8. The van der Waals surface area contributed by atoms with Gasteiger partial charge < -0.3 is 15.3 Å². The van der Waals surface area contributed by atoms with Crippen molar-refractivity contribution in [2.75, 3.05) is 11.6 Å². The average molecular weight is 559 g/mol. The minimum Gasteiger partial charge on any atom is -0.480 e. The predicted molar refractivity (Wildman–Crippen MR) is 140 cm³/mol. The van der Waals surface area contributed by atoms with E-state index in [1.807, 2.05) is 6.92 Å². The van der Waals surface area contributed by atoms with E-state index in [9.17, 15) is 33.7 Å². The maximum absolute atomic E-state index is 14.7. The Morgan fingerprint density at radius 2 is 1.82 bits per heavy atom. The molecule has 0 aromatic rings. The zero-order chi connectivity index (χ0) is 27.6. The van der Waals surface area contributed by atoms with Crippen molar-refractivity contribution in [1.29, 1.82) is 0 Å². The molecule has 1 heterocycles. The van der Waals surface area contributed by atoms with Gasteiger partial charge in [-0.25, -0.2) is 8.78 Å². The van der Waals surface area contributed by atoms with Crippen LogP contribution in [0.4, 0.5) is 8.78 Å². The minimum absolute atomic E-state index is 0.00200. The van der Waals surface area contributed by atoms with Gasteiger partial charge in [-0.05, 0) is 91.3 Å². The zero-order valence-electron chi connectivity index (χ0n) is 22.7. The number of carbonyl (C=O) groups excluding carboxylic acids is 1. The lowest BCUT2D eigenvalue weighted by molar-refractivity contribution is -0.236. The number of hydrazine groups is 1. The first-order valence-corrected chi connectivity index (χ1v) is 15.5. The monoisotopic (exact) mass is 558 g/mol. The summed E-state index contributed by atoms with van der Waals surface area (Å²) < 4.78 is 29.5. The number of thioether (sulfide) groups is 1. The van der Waals surface area contributed by atoms with Gasteiger partial charge in [-0.2, -0.15) is 5.01 Å². The first-order chi connectivity index (χ1) is 17.8. The summed E-state index contributed by atoms with van der Waals surface area (Å²) in [5.41, 5.74) is 2.21. The van der Waals surface area contributed by atoms with Gasteiger partial charge in [-0.3, -0.25) is 15.0 Å². The molecule has 7 nitrogen and oxygen atoms in total. The Balaban J connectivity index is 1.24. The largest absolute Gasteiger partial charge is 0.480 e.